The monoisotopic (exact) mass is 247 g/mol. The van der Waals surface area contributed by atoms with Gasteiger partial charge in [-0.25, -0.2) is 0 Å². The number of benzene rings is 1. The molecule has 0 radical (unpaired) electrons. The summed E-state index contributed by atoms with van der Waals surface area (Å²) in [6.45, 7) is 7.59. The van der Waals surface area contributed by atoms with Gasteiger partial charge in [0.1, 0.15) is 5.75 Å². The molecule has 0 fully saturated rings. The maximum absolute atomic E-state index is 6.25. The second-order valence-electron chi connectivity index (χ2n) is 5.85. The first kappa shape index (κ1) is 13.4. The van der Waals surface area contributed by atoms with E-state index in [4.69, 9.17) is 10.5 Å². The average Bonchev–Trinajstić information content (AvgIpc) is 2.82. The van der Waals surface area contributed by atoms with Gasteiger partial charge in [-0.3, -0.25) is 0 Å². The van der Waals surface area contributed by atoms with Crippen LogP contribution in [0.3, 0.4) is 0 Å². The highest BCUT2D eigenvalue weighted by Crippen LogP contribution is 2.26. The highest BCUT2D eigenvalue weighted by Gasteiger charge is 2.17. The topological polar surface area (TPSA) is 35.2 Å². The van der Waals surface area contributed by atoms with Crippen molar-refractivity contribution >= 4 is 0 Å². The van der Waals surface area contributed by atoms with Gasteiger partial charge in [0.15, 0.2) is 0 Å². The Balaban J connectivity index is 1.90. The summed E-state index contributed by atoms with van der Waals surface area (Å²) in [5.41, 5.74) is 9.01. The minimum absolute atomic E-state index is 0.300. The molecule has 0 aliphatic carbocycles. The Morgan fingerprint density at radius 2 is 2.06 bits per heavy atom. The van der Waals surface area contributed by atoms with Gasteiger partial charge in [-0.2, -0.15) is 0 Å². The van der Waals surface area contributed by atoms with Crippen LogP contribution in [0.25, 0.3) is 0 Å². The molecule has 2 heteroatoms. The standard InChI is InChI=1S/C16H25NO/c1-11(2)12(3)15(17)6-4-13-5-7-16-14(10-13)8-9-18-16/h5,7,10-12,15H,4,6,8-9,17H2,1-3H3. The molecule has 2 N–H and O–H groups in total. The lowest BCUT2D eigenvalue weighted by atomic mass is 9.87. The lowest BCUT2D eigenvalue weighted by molar-refractivity contribution is 0.333. The summed E-state index contributed by atoms with van der Waals surface area (Å²) in [5, 5.41) is 0. The molecular weight excluding hydrogens is 222 g/mol. The maximum atomic E-state index is 6.25. The van der Waals surface area contributed by atoms with E-state index < -0.39 is 0 Å². The third-order valence-electron chi connectivity index (χ3n) is 4.25. The Morgan fingerprint density at radius 3 is 2.78 bits per heavy atom. The summed E-state index contributed by atoms with van der Waals surface area (Å²) in [4.78, 5) is 0. The minimum Gasteiger partial charge on any atom is -0.493 e. The lowest BCUT2D eigenvalue weighted by Gasteiger charge is -2.23. The van der Waals surface area contributed by atoms with Gasteiger partial charge >= 0.3 is 0 Å². The normalized spacial score (nSPS) is 17.4. The van der Waals surface area contributed by atoms with Gasteiger partial charge in [-0.1, -0.05) is 32.9 Å². The molecule has 100 valence electrons. The van der Waals surface area contributed by atoms with Crippen LogP contribution in [0.4, 0.5) is 0 Å². The first-order valence-corrected chi connectivity index (χ1v) is 7.08. The van der Waals surface area contributed by atoms with E-state index in [1.54, 1.807) is 0 Å². The van der Waals surface area contributed by atoms with E-state index in [0.717, 1.165) is 31.6 Å². The third-order valence-corrected chi connectivity index (χ3v) is 4.25. The molecule has 1 heterocycles. The zero-order valence-corrected chi connectivity index (χ0v) is 11.8. The molecule has 0 amide bonds. The SMILES string of the molecule is CC(C)C(C)C(N)CCc1ccc2c(c1)CCO2. The Kier molecular flexibility index (Phi) is 4.28. The molecule has 1 aliphatic heterocycles. The van der Waals surface area contributed by atoms with Crippen LogP contribution < -0.4 is 10.5 Å². The molecule has 1 aromatic rings. The Bertz CT molecular complexity index is 400. The number of hydrogen-bond acceptors (Lipinski definition) is 2. The summed E-state index contributed by atoms with van der Waals surface area (Å²) in [6.07, 6.45) is 3.20. The highest BCUT2D eigenvalue weighted by molar-refractivity contribution is 5.39. The summed E-state index contributed by atoms with van der Waals surface area (Å²) < 4.78 is 5.52. The third kappa shape index (κ3) is 3.05. The van der Waals surface area contributed by atoms with Gasteiger partial charge in [0.2, 0.25) is 0 Å². The smallest absolute Gasteiger partial charge is 0.122 e. The van der Waals surface area contributed by atoms with Crippen LogP contribution in [0.2, 0.25) is 0 Å². The Hall–Kier alpha value is -1.02. The van der Waals surface area contributed by atoms with Crippen LogP contribution in [0.15, 0.2) is 18.2 Å². The van der Waals surface area contributed by atoms with Gasteiger partial charge in [0.05, 0.1) is 6.61 Å². The van der Waals surface area contributed by atoms with Crippen molar-refractivity contribution in [3.05, 3.63) is 29.3 Å². The zero-order valence-electron chi connectivity index (χ0n) is 11.8. The number of aryl methyl sites for hydroxylation is 1. The molecule has 2 unspecified atom stereocenters. The van der Waals surface area contributed by atoms with Crippen molar-refractivity contribution in [3.63, 3.8) is 0 Å². The second kappa shape index (κ2) is 5.75. The van der Waals surface area contributed by atoms with E-state index in [9.17, 15) is 0 Å². The van der Waals surface area contributed by atoms with Crippen molar-refractivity contribution in [2.75, 3.05) is 6.61 Å². The van der Waals surface area contributed by atoms with Crippen LogP contribution in [-0.2, 0) is 12.8 Å². The number of hydrogen-bond donors (Lipinski definition) is 1. The number of ether oxygens (including phenoxy) is 1. The van der Waals surface area contributed by atoms with Crippen LogP contribution in [0.1, 0.15) is 38.3 Å². The zero-order chi connectivity index (χ0) is 13.1. The minimum atomic E-state index is 0.300. The molecule has 18 heavy (non-hydrogen) atoms. The fourth-order valence-corrected chi connectivity index (χ4v) is 2.49. The average molecular weight is 247 g/mol. The van der Waals surface area contributed by atoms with E-state index in [2.05, 4.69) is 39.0 Å². The largest absolute Gasteiger partial charge is 0.493 e. The molecule has 2 atom stereocenters. The van der Waals surface area contributed by atoms with Gasteiger partial charge in [-0.15, -0.1) is 0 Å². The maximum Gasteiger partial charge on any atom is 0.122 e. The fraction of sp³-hybridized carbons (Fsp3) is 0.625. The van der Waals surface area contributed by atoms with E-state index in [-0.39, 0.29) is 0 Å². The number of fused-ring (bicyclic) bond motifs is 1. The number of nitrogens with two attached hydrogens (primary N) is 1. The van der Waals surface area contributed by atoms with Gasteiger partial charge < -0.3 is 10.5 Å². The molecule has 0 saturated heterocycles. The molecule has 2 nitrogen and oxygen atoms in total. The summed E-state index contributed by atoms with van der Waals surface area (Å²) in [6, 6.07) is 6.87. The summed E-state index contributed by atoms with van der Waals surface area (Å²) in [5.74, 6) is 2.31. The lowest BCUT2D eigenvalue weighted by Crippen LogP contribution is -2.31. The predicted molar refractivity (Wildman–Crippen MR) is 75.9 cm³/mol. The molecule has 0 aromatic heterocycles. The van der Waals surface area contributed by atoms with E-state index in [1.165, 1.54) is 11.1 Å². The van der Waals surface area contributed by atoms with E-state index in [1.807, 2.05) is 0 Å². The van der Waals surface area contributed by atoms with Gasteiger partial charge in [0.25, 0.3) is 0 Å². The van der Waals surface area contributed by atoms with E-state index in [0.29, 0.717) is 17.9 Å². The Labute approximate surface area is 111 Å². The van der Waals surface area contributed by atoms with Gasteiger partial charge in [0, 0.05) is 12.5 Å². The summed E-state index contributed by atoms with van der Waals surface area (Å²) in [7, 11) is 0. The first-order valence-electron chi connectivity index (χ1n) is 7.08. The number of rotatable bonds is 5. The van der Waals surface area contributed by atoms with Crippen molar-refractivity contribution in [1.82, 2.24) is 0 Å². The quantitative estimate of drug-likeness (QED) is 0.867. The fourth-order valence-electron chi connectivity index (χ4n) is 2.49. The molecule has 1 aromatic carbocycles. The van der Waals surface area contributed by atoms with Crippen molar-refractivity contribution in [3.8, 4) is 5.75 Å². The molecule has 0 spiro atoms. The first-order chi connectivity index (χ1) is 8.58. The molecule has 0 bridgehead atoms. The molecule has 2 rings (SSSR count). The molecule has 1 aliphatic rings. The Morgan fingerprint density at radius 1 is 1.28 bits per heavy atom. The van der Waals surface area contributed by atoms with Crippen LogP contribution in [0.5, 0.6) is 5.75 Å². The molecular formula is C16H25NO. The molecule has 0 saturated carbocycles. The van der Waals surface area contributed by atoms with Crippen molar-refractivity contribution in [2.24, 2.45) is 17.6 Å². The summed E-state index contributed by atoms with van der Waals surface area (Å²) >= 11 is 0. The van der Waals surface area contributed by atoms with Crippen molar-refractivity contribution in [2.45, 2.75) is 46.1 Å². The van der Waals surface area contributed by atoms with E-state index >= 15 is 0 Å². The van der Waals surface area contributed by atoms with Gasteiger partial charge in [-0.05, 0) is 41.9 Å². The van der Waals surface area contributed by atoms with Crippen LogP contribution in [-0.4, -0.2) is 12.6 Å². The highest BCUT2D eigenvalue weighted by atomic mass is 16.5. The van der Waals surface area contributed by atoms with Crippen LogP contribution >= 0.6 is 0 Å². The second-order valence-corrected chi connectivity index (χ2v) is 5.85. The van der Waals surface area contributed by atoms with Crippen molar-refractivity contribution in [1.29, 1.82) is 0 Å². The predicted octanol–water partition coefficient (Wildman–Crippen LogP) is 3.17. The van der Waals surface area contributed by atoms with Crippen LogP contribution in [0, 0.1) is 11.8 Å². The van der Waals surface area contributed by atoms with Crippen molar-refractivity contribution < 1.29 is 4.74 Å².